The van der Waals surface area contributed by atoms with Crippen LogP contribution >= 0.6 is 0 Å². The molecule has 7 heteroatoms. The number of carbonyl (C=O) groups excluding carboxylic acids is 2. The number of carbonyl (C=O) groups is 2. The van der Waals surface area contributed by atoms with Crippen LogP contribution in [0.4, 0.5) is 4.79 Å². The lowest BCUT2D eigenvalue weighted by atomic mass is 9.82. The number of nitrogens with zero attached hydrogens (tertiary/aromatic N) is 2. The van der Waals surface area contributed by atoms with E-state index in [-0.39, 0.29) is 18.7 Å². The first-order chi connectivity index (χ1) is 13.6. The van der Waals surface area contributed by atoms with Gasteiger partial charge in [-0.15, -0.1) is 6.58 Å². The van der Waals surface area contributed by atoms with Gasteiger partial charge in [-0.05, 0) is 42.4 Å². The van der Waals surface area contributed by atoms with Crippen molar-refractivity contribution >= 4 is 11.9 Å². The maximum atomic E-state index is 12.8. The van der Waals surface area contributed by atoms with Gasteiger partial charge in [0.1, 0.15) is 0 Å². The Hall–Kier alpha value is -2.70. The van der Waals surface area contributed by atoms with E-state index < -0.39 is 0 Å². The average molecular weight is 385 g/mol. The van der Waals surface area contributed by atoms with Gasteiger partial charge in [-0.3, -0.25) is 4.79 Å². The molecule has 0 saturated carbocycles. The monoisotopic (exact) mass is 385 g/mol. The van der Waals surface area contributed by atoms with Crippen LogP contribution in [-0.2, 0) is 11.3 Å². The SMILES string of the molecule is C=CCNC(=O)N1CCC2CC(=O)N(Cc3ccc4c(c3)OCO4)CCC2C1. The molecule has 2 unspecified atom stereocenters. The van der Waals surface area contributed by atoms with Crippen LogP contribution in [0.5, 0.6) is 11.5 Å². The standard InChI is InChI=1S/C21H27N3O4/c1-2-7-22-21(26)24-9-5-16-11-20(25)23(8-6-17(16)13-24)12-15-3-4-18-19(10-15)28-14-27-18/h2-4,10,16-17H,1,5-9,11-14H2,(H,22,26). The van der Waals surface area contributed by atoms with E-state index in [4.69, 9.17) is 9.47 Å². The Morgan fingerprint density at radius 3 is 2.89 bits per heavy atom. The second-order valence-corrected chi connectivity index (χ2v) is 7.73. The van der Waals surface area contributed by atoms with Crippen molar-refractivity contribution in [2.24, 2.45) is 11.8 Å². The Labute approximate surface area is 165 Å². The summed E-state index contributed by atoms with van der Waals surface area (Å²) in [7, 11) is 0. The summed E-state index contributed by atoms with van der Waals surface area (Å²) in [5.74, 6) is 2.43. The second-order valence-electron chi connectivity index (χ2n) is 7.73. The summed E-state index contributed by atoms with van der Waals surface area (Å²) >= 11 is 0. The van der Waals surface area contributed by atoms with E-state index in [0.717, 1.165) is 43.0 Å². The highest BCUT2D eigenvalue weighted by molar-refractivity contribution is 5.77. The van der Waals surface area contributed by atoms with Crippen LogP contribution in [0.3, 0.4) is 0 Å². The molecule has 0 aromatic heterocycles. The molecular weight excluding hydrogens is 358 g/mol. The highest BCUT2D eigenvalue weighted by Crippen LogP contribution is 2.35. The van der Waals surface area contributed by atoms with Crippen molar-refractivity contribution in [3.8, 4) is 11.5 Å². The first-order valence-corrected chi connectivity index (χ1v) is 9.94. The predicted octanol–water partition coefficient (Wildman–Crippen LogP) is 2.37. The zero-order valence-electron chi connectivity index (χ0n) is 16.1. The van der Waals surface area contributed by atoms with E-state index in [0.29, 0.717) is 37.9 Å². The van der Waals surface area contributed by atoms with Crippen molar-refractivity contribution in [1.29, 1.82) is 0 Å². The predicted molar refractivity (Wildman–Crippen MR) is 104 cm³/mol. The molecule has 0 aliphatic carbocycles. The first-order valence-electron chi connectivity index (χ1n) is 9.94. The summed E-state index contributed by atoms with van der Waals surface area (Å²) in [6.07, 6.45) is 4.06. The lowest BCUT2D eigenvalue weighted by Crippen LogP contribution is -2.48. The fourth-order valence-electron chi connectivity index (χ4n) is 4.36. The second kappa shape index (κ2) is 8.12. The zero-order chi connectivity index (χ0) is 19.5. The summed E-state index contributed by atoms with van der Waals surface area (Å²) in [4.78, 5) is 28.9. The van der Waals surface area contributed by atoms with E-state index in [2.05, 4.69) is 11.9 Å². The molecule has 0 bridgehead atoms. The summed E-state index contributed by atoms with van der Waals surface area (Å²) in [5.41, 5.74) is 1.05. The maximum Gasteiger partial charge on any atom is 0.317 e. The maximum absolute atomic E-state index is 12.8. The molecular formula is C21H27N3O4. The molecule has 0 spiro atoms. The molecule has 28 heavy (non-hydrogen) atoms. The Kier molecular flexibility index (Phi) is 5.41. The highest BCUT2D eigenvalue weighted by atomic mass is 16.7. The minimum Gasteiger partial charge on any atom is -0.454 e. The lowest BCUT2D eigenvalue weighted by Gasteiger charge is -2.37. The molecule has 3 heterocycles. The number of benzene rings is 1. The van der Waals surface area contributed by atoms with Gasteiger partial charge in [-0.1, -0.05) is 12.1 Å². The molecule has 1 aromatic carbocycles. The summed E-state index contributed by atoms with van der Waals surface area (Å²) in [6, 6.07) is 5.81. The molecule has 3 aliphatic rings. The molecule has 1 aromatic rings. The number of likely N-dealkylation sites (tertiary alicyclic amines) is 2. The van der Waals surface area contributed by atoms with Crippen LogP contribution in [0.1, 0.15) is 24.8 Å². The molecule has 7 nitrogen and oxygen atoms in total. The van der Waals surface area contributed by atoms with Crippen LogP contribution in [0.2, 0.25) is 0 Å². The molecule has 1 N–H and O–H groups in total. The summed E-state index contributed by atoms with van der Waals surface area (Å²) in [5, 5.41) is 2.85. The Morgan fingerprint density at radius 1 is 1.21 bits per heavy atom. The number of nitrogens with one attached hydrogen (secondary N) is 1. The molecule has 2 saturated heterocycles. The third kappa shape index (κ3) is 3.93. The van der Waals surface area contributed by atoms with Crippen LogP contribution in [0.15, 0.2) is 30.9 Å². The molecule has 4 rings (SSSR count). The first kappa shape index (κ1) is 18.7. The van der Waals surface area contributed by atoms with Gasteiger partial charge in [-0.25, -0.2) is 4.79 Å². The number of amides is 3. The van der Waals surface area contributed by atoms with Crippen molar-refractivity contribution in [3.05, 3.63) is 36.4 Å². The van der Waals surface area contributed by atoms with Crippen molar-refractivity contribution in [3.63, 3.8) is 0 Å². The van der Waals surface area contributed by atoms with Crippen LogP contribution in [-0.4, -0.2) is 54.7 Å². The molecule has 2 fully saturated rings. The van der Waals surface area contributed by atoms with Gasteiger partial charge >= 0.3 is 6.03 Å². The van der Waals surface area contributed by atoms with Crippen molar-refractivity contribution in [2.45, 2.75) is 25.8 Å². The van der Waals surface area contributed by atoms with Crippen molar-refractivity contribution < 1.29 is 19.1 Å². The number of hydrogen-bond acceptors (Lipinski definition) is 4. The van der Waals surface area contributed by atoms with Crippen LogP contribution in [0.25, 0.3) is 0 Å². The topological polar surface area (TPSA) is 71.1 Å². The summed E-state index contributed by atoms with van der Waals surface area (Å²) < 4.78 is 10.8. The quantitative estimate of drug-likeness (QED) is 0.808. The van der Waals surface area contributed by atoms with Gasteiger partial charge in [0.25, 0.3) is 0 Å². The molecule has 3 amide bonds. The number of piperidine rings is 1. The van der Waals surface area contributed by atoms with Gasteiger partial charge in [0.05, 0.1) is 0 Å². The van der Waals surface area contributed by atoms with Gasteiger partial charge in [0, 0.05) is 39.1 Å². The smallest absolute Gasteiger partial charge is 0.317 e. The number of fused-ring (bicyclic) bond motifs is 2. The van der Waals surface area contributed by atoms with E-state index in [1.54, 1.807) is 6.08 Å². The van der Waals surface area contributed by atoms with Gasteiger partial charge in [-0.2, -0.15) is 0 Å². The van der Waals surface area contributed by atoms with Gasteiger partial charge in [0.15, 0.2) is 11.5 Å². The van der Waals surface area contributed by atoms with E-state index in [1.165, 1.54) is 0 Å². The Morgan fingerprint density at radius 2 is 2.04 bits per heavy atom. The van der Waals surface area contributed by atoms with E-state index >= 15 is 0 Å². The van der Waals surface area contributed by atoms with Crippen LogP contribution in [0, 0.1) is 11.8 Å². The van der Waals surface area contributed by atoms with Gasteiger partial charge in [0.2, 0.25) is 12.7 Å². The minimum atomic E-state index is -0.0360. The Balaban J connectivity index is 1.38. The zero-order valence-corrected chi connectivity index (χ0v) is 16.1. The number of ether oxygens (including phenoxy) is 2. The minimum absolute atomic E-state index is 0.0360. The van der Waals surface area contributed by atoms with Crippen molar-refractivity contribution in [1.82, 2.24) is 15.1 Å². The number of hydrogen-bond donors (Lipinski definition) is 1. The summed E-state index contributed by atoms with van der Waals surface area (Å²) in [6.45, 7) is 7.09. The fourth-order valence-corrected chi connectivity index (χ4v) is 4.36. The molecule has 2 atom stereocenters. The van der Waals surface area contributed by atoms with Crippen molar-refractivity contribution in [2.75, 3.05) is 33.0 Å². The van der Waals surface area contributed by atoms with Gasteiger partial charge < -0.3 is 24.6 Å². The number of rotatable bonds is 4. The third-order valence-electron chi connectivity index (χ3n) is 5.95. The average Bonchev–Trinajstić information content (AvgIpc) is 3.11. The van der Waals surface area contributed by atoms with Crippen LogP contribution < -0.4 is 14.8 Å². The largest absolute Gasteiger partial charge is 0.454 e. The molecule has 0 radical (unpaired) electrons. The fraction of sp³-hybridized carbons (Fsp3) is 0.524. The third-order valence-corrected chi connectivity index (χ3v) is 5.95. The lowest BCUT2D eigenvalue weighted by molar-refractivity contribution is -0.132. The Bertz CT molecular complexity index is 766. The molecule has 3 aliphatic heterocycles. The van der Waals surface area contributed by atoms with E-state index in [9.17, 15) is 9.59 Å². The normalized spacial score (nSPS) is 23.8. The number of urea groups is 1. The van der Waals surface area contributed by atoms with E-state index in [1.807, 2.05) is 28.0 Å². The molecule has 150 valence electrons. The highest BCUT2D eigenvalue weighted by Gasteiger charge is 2.36.